The van der Waals surface area contributed by atoms with Gasteiger partial charge in [0.2, 0.25) is 10.0 Å². The van der Waals surface area contributed by atoms with Gasteiger partial charge in [-0.3, -0.25) is 4.90 Å². The van der Waals surface area contributed by atoms with Gasteiger partial charge >= 0.3 is 12.1 Å². The molecule has 1 aromatic rings. The number of nitrogens with zero attached hydrogens (tertiary/aromatic N) is 1. The molecule has 0 aliphatic carbocycles. The fraction of sp³-hybridized carbons (Fsp3) is 0.722. The Morgan fingerprint density at radius 1 is 1.30 bits per heavy atom. The minimum absolute atomic E-state index is 0.0247. The van der Waals surface area contributed by atoms with Gasteiger partial charge in [0.25, 0.3) is 0 Å². The van der Waals surface area contributed by atoms with Gasteiger partial charge < -0.3 is 14.3 Å². The average molecular weight is 456 g/mol. The summed E-state index contributed by atoms with van der Waals surface area (Å²) in [5.74, 6) is -0.820. The molecule has 0 aromatic carbocycles. The average Bonchev–Trinajstić information content (AvgIpc) is 3.03. The molecule has 8 nitrogen and oxygen atoms in total. The first-order valence-corrected chi connectivity index (χ1v) is 11.3. The van der Waals surface area contributed by atoms with E-state index in [1.54, 1.807) is 0 Å². The van der Waals surface area contributed by atoms with E-state index in [-0.39, 0.29) is 11.5 Å². The highest BCUT2D eigenvalue weighted by molar-refractivity contribution is 7.88. The van der Waals surface area contributed by atoms with Crippen molar-refractivity contribution < 1.29 is 40.6 Å². The van der Waals surface area contributed by atoms with Crippen molar-refractivity contribution in [2.24, 2.45) is 5.41 Å². The molecule has 2 aliphatic rings. The number of piperidine rings is 1. The fourth-order valence-electron chi connectivity index (χ4n) is 3.79. The number of carboxylic acids is 1. The molecule has 3 heterocycles. The lowest BCUT2D eigenvalue weighted by atomic mass is 9.69. The minimum atomic E-state index is -5.08. The van der Waals surface area contributed by atoms with E-state index in [0.29, 0.717) is 6.61 Å². The summed E-state index contributed by atoms with van der Waals surface area (Å²) < 4.78 is 69.0. The molecule has 0 radical (unpaired) electrons. The number of carboxylic acid groups (broad SMARTS) is 1. The van der Waals surface area contributed by atoms with Gasteiger partial charge in [-0.2, -0.15) is 13.2 Å². The largest absolute Gasteiger partial charge is 0.490 e. The number of aliphatic carboxylic acids is 1. The first-order valence-electron chi connectivity index (χ1n) is 9.44. The molecule has 2 N–H and O–H groups in total. The monoisotopic (exact) mass is 456 g/mol. The molecule has 0 bridgehead atoms. The van der Waals surface area contributed by atoms with Crippen molar-refractivity contribution in [3.05, 3.63) is 23.7 Å². The molecule has 1 spiro atoms. The predicted octanol–water partition coefficient (Wildman–Crippen LogP) is 2.14. The van der Waals surface area contributed by atoms with Crippen molar-refractivity contribution in [3.63, 3.8) is 0 Å². The fourth-order valence-corrected chi connectivity index (χ4v) is 4.63. The van der Waals surface area contributed by atoms with Crippen molar-refractivity contribution in [1.29, 1.82) is 0 Å². The molecule has 1 aromatic heterocycles. The summed E-state index contributed by atoms with van der Waals surface area (Å²) in [6, 6.07) is 3.91. The smallest absolute Gasteiger partial charge is 0.475 e. The number of ether oxygens (including phenoxy) is 1. The van der Waals surface area contributed by atoms with E-state index in [1.807, 2.05) is 19.1 Å². The number of rotatable bonds is 4. The Kier molecular flexibility index (Phi) is 7.94. The van der Waals surface area contributed by atoms with E-state index in [9.17, 15) is 21.6 Å². The van der Waals surface area contributed by atoms with Crippen molar-refractivity contribution in [3.8, 4) is 0 Å². The molecule has 3 rings (SSSR count). The van der Waals surface area contributed by atoms with Gasteiger partial charge in [0, 0.05) is 6.61 Å². The summed E-state index contributed by atoms with van der Waals surface area (Å²) in [4.78, 5) is 11.3. The maximum Gasteiger partial charge on any atom is 0.490 e. The van der Waals surface area contributed by atoms with Gasteiger partial charge in [0.15, 0.2) is 0 Å². The van der Waals surface area contributed by atoms with Crippen molar-refractivity contribution in [2.45, 2.75) is 44.9 Å². The van der Waals surface area contributed by atoms with E-state index < -0.39 is 22.2 Å². The Labute approximate surface area is 173 Å². The number of likely N-dealkylation sites (tertiary alicyclic amines) is 1. The van der Waals surface area contributed by atoms with E-state index in [2.05, 4.69) is 9.62 Å². The Morgan fingerprint density at radius 2 is 1.90 bits per heavy atom. The third-order valence-corrected chi connectivity index (χ3v) is 6.11. The molecule has 2 saturated heterocycles. The molecule has 0 amide bonds. The number of aryl methyl sites for hydroxylation is 1. The summed E-state index contributed by atoms with van der Waals surface area (Å²) in [6.45, 7) is 5.90. The molecule has 2 fully saturated rings. The van der Waals surface area contributed by atoms with Gasteiger partial charge in [-0.15, -0.1) is 0 Å². The molecule has 12 heteroatoms. The zero-order chi connectivity index (χ0) is 22.6. The number of sulfonamides is 1. The molecular weight excluding hydrogens is 429 g/mol. The Morgan fingerprint density at radius 3 is 2.37 bits per heavy atom. The van der Waals surface area contributed by atoms with Gasteiger partial charge in [-0.25, -0.2) is 17.9 Å². The van der Waals surface area contributed by atoms with Gasteiger partial charge in [0.05, 0.1) is 25.4 Å². The second kappa shape index (κ2) is 9.67. The zero-order valence-electron chi connectivity index (χ0n) is 16.9. The SMILES string of the molecule is Cc1ccc(CN2CCC3(CCOCC3NS(C)(=O)=O)CC2)o1.O=C(O)C(F)(F)F. The van der Waals surface area contributed by atoms with E-state index in [4.69, 9.17) is 19.1 Å². The van der Waals surface area contributed by atoms with Crippen molar-refractivity contribution in [2.75, 3.05) is 32.6 Å². The number of halogens is 3. The van der Waals surface area contributed by atoms with Crippen LogP contribution in [0.15, 0.2) is 16.5 Å². The van der Waals surface area contributed by atoms with Crippen LogP contribution in [0.4, 0.5) is 13.2 Å². The number of hydrogen-bond acceptors (Lipinski definition) is 6. The quantitative estimate of drug-likeness (QED) is 0.715. The maximum absolute atomic E-state index is 11.6. The number of alkyl halides is 3. The molecule has 30 heavy (non-hydrogen) atoms. The lowest BCUT2D eigenvalue weighted by molar-refractivity contribution is -0.192. The predicted molar refractivity (Wildman–Crippen MR) is 101 cm³/mol. The summed E-state index contributed by atoms with van der Waals surface area (Å²) in [7, 11) is -3.22. The summed E-state index contributed by atoms with van der Waals surface area (Å²) in [6.07, 6.45) is -0.954. The Balaban J connectivity index is 0.000000396. The maximum atomic E-state index is 11.6. The highest BCUT2D eigenvalue weighted by Crippen LogP contribution is 2.41. The van der Waals surface area contributed by atoms with Crippen LogP contribution < -0.4 is 4.72 Å². The molecule has 172 valence electrons. The topological polar surface area (TPSA) is 109 Å². The lowest BCUT2D eigenvalue weighted by Gasteiger charge is -2.48. The third-order valence-electron chi connectivity index (χ3n) is 5.39. The van der Waals surface area contributed by atoms with E-state index >= 15 is 0 Å². The second-order valence-corrected chi connectivity index (χ2v) is 9.50. The number of carbonyl (C=O) groups is 1. The van der Waals surface area contributed by atoms with Gasteiger partial charge in [-0.05, 0) is 56.8 Å². The van der Waals surface area contributed by atoms with Crippen molar-refractivity contribution in [1.82, 2.24) is 9.62 Å². The normalized spacial score (nSPS) is 22.4. The summed E-state index contributed by atoms with van der Waals surface area (Å²) in [5.41, 5.74) is 0.0247. The number of nitrogens with one attached hydrogen (secondary N) is 1. The van der Waals surface area contributed by atoms with Crippen LogP contribution in [-0.4, -0.2) is 69.2 Å². The first-order chi connectivity index (χ1) is 13.8. The van der Waals surface area contributed by atoms with Crippen LogP contribution in [-0.2, 0) is 26.1 Å². The van der Waals surface area contributed by atoms with Gasteiger partial charge in [-0.1, -0.05) is 0 Å². The second-order valence-electron chi connectivity index (χ2n) is 7.72. The van der Waals surface area contributed by atoms with Crippen molar-refractivity contribution >= 4 is 16.0 Å². The molecule has 2 aliphatic heterocycles. The van der Waals surface area contributed by atoms with Crippen LogP contribution in [0.25, 0.3) is 0 Å². The van der Waals surface area contributed by atoms with Crippen LogP contribution in [0.3, 0.4) is 0 Å². The van der Waals surface area contributed by atoms with Gasteiger partial charge in [0.1, 0.15) is 11.5 Å². The van der Waals surface area contributed by atoms with Crippen LogP contribution in [0, 0.1) is 12.3 Å². The number of furan rings is 1. The third kappa shape index (κ3) is 7.25. The van der Waals surface area contributed by atoms with Crippen LogP contribution in [0.1, 0.15) is 30.8 Å². The first kappa shape index (κ1) is 24.6. The highest BCUT2D eigenvalue weighted by Gasteiger charge is 2.44. The zero-order valence-corrected chi connectivity index (χ0v) is 17.7. The Bertz CT molecular complexity index is 816. The van der Waals surface area contributed by atoms with E-state index in [0.717, 1.165) is 57.0 Å². The summed E-state index contributed by atoms with van der Waals surface area (Å²) >= 11 is 0. The lowest BCUT2D eigenvalue weighted by Crippen LogP contribution is -2.57. The molecule has 0 saturated carbocycles. The molecular formula is C18H27F3N2O6S. The molecule has 1 atom stereocenters. The minimum Gasteiger partial charge on any atom is -0.475 e. The van der Waals surface area contributed by atoms with Crippen LogP contribution >= 0.6 is 0 Å². The highest BCUT2D eigenvalue weighted by atomic mass is 32.2. The number of hydrogen-bond donors (Lipinski definition) is 2. The van der Waals surface area contributed by atoms with Crippen LogP contribution in [0.2, 0.25) is 0 Å². The summed E-state index contributed by atoms with van der Waals surface area (Å²) in [5, 5.41) is 7.12. The van der Waals surface area contributed by atoms with Crippen LogP contribution in [0.5, 0.6) is 0 Å². The molecule has 1 unspecified atom stereocenters. The Hall–Kier alpha value is -1.63. The van der Waals surface area contributed by atoms with E-state index in [1.165, 1.54) is 6.26 Å². The standard InChI is InChI=1S/C16H26N2O4S.C2HF3O2/c1-13-3-4-14(22-13)11-18-8-5-16(6-9-18)7-10-21-12-15(16)17-23(2,19)20;3-2(4,5)1(6)7/h3-4,15,17H,5-12H2,1-2H3;(H,6,7).